The van der Waals surface area contributed by atoms with Gasteiger partial charge in [0.1, 0.15) is 17.5 Å². The highest BCUT2D eigenvalue weighted by molar-refractivity contribution is 6.04. The van der Waals surface area contributed by atoms with Crippen LogP contribution in [0.4, 0.5) is 28.8 Å². The van der Waals surface area contributed by atoms with E-state index in [9.17, 15) is 4.79 Å². The summed E-state index contributed by atoms with van der Waals surface area (Å²) in [6.45, 7) is 8.29. The van der Waals surface area contributed by atoms with Gasteiger partial charge in [-0.2, -0.15) is 4.98 Å². The summed E-state index contributed by atoms with van der Waals surface area (Å²) in [6, 6.07) is 4.96. The van der Waals surface area contributed by atoms with Gasteiger partial charge in [-0.1, -0.05) is 12.2 Å². The minimum absolute atomic E-state index is 0.00624. The lowest BCUT2D eigenvalue weighted by Crippen LogP contribution is -2.51. The number of nitrogens with zero attached hydrogens (tertiary/aromatic N) is 4. The zero-order valence-corrected chi connectivity index (χ0v) is 16.0. The number of benzene rings is 1. The van der Waals surface area contributed by atoms with Crippen LogP contribution in [0.25, 0.3) is 0 Å². The molecule has 0 radical (unpaired) electrons. The van der Waals surface area contributed by atoms with Gasteiger partial charge in [-0.15, -0.1) is 0 Å². The largest absolute Gasteiger partial charge is 0.494 e. The Morgan fingerprint density at radius 3 is 2.85 bits per heavy atom. The third-order valence-corrected chi connectivity index (χ3v) is 4.45. The molecule has 0 saturated heterocycles. The van der Waals surface area contributed by atoms with E-state index in [4.69, 9.17) is 10.5 Å². The van der Waals surface area contributed by atoms with Gasteiger partial charge in [0.15, 0.2) is 5.82 Å². The van der Waals surface area contributed by atoms with Crippen molar-refractivity contribution in [3.05, 3.63) is 36.5 Å². The average molecular weight is 368 g/mol. The molecule has 0 bridgehead atoms. The molecular weight excluding hydrogens is 344 g/mol. The van der Waals surface area contributed by atoms with Gasteiger partial charge >= 0.3 is 0 Å². The van der Waals surface area contributed by atoms with Gasteiger partial charge in [-0.05, 0) is 26.0 Å². The first-order valence-electron chi connectivity index (χ1n) is 8.58. The fourth-order valence-corrected chi connectivity index (χ4v) is 3.02. The van der Waals surface area contributed by atoms with Crippen molar-refractivity contribution in [2.45, 2.75) is 19.9 Å². The van der Waals surface area contributed by atoms with E-state index in [1.165, 1.54) is 0 Å². The Labute approximate surface area is 158 Å². The SMILES string of the molecule is C=C(C)CN1c2nc(Nc3ccc(N)cc3OC)ncc2N(C)C(=O)[C@H]1C. The van der Waals surface area contributed by atoms with Crippen molar-refractivity contribution >= 4 is 34.7 Å². The summed E-state index contributed by atoms with van der Waals surface area (Å²) in [5.74, 6) is 1.67. The number of anilines is 5. The molecule has 8 nitrogen and oxygen atoms in total. The minimum atomic E-state index is -0.340. The van der Waals surface area contributed by atoms with Crippen molar-refractivity contribution < 1.29 is 9.53 Å². The Balaban J connectivity index is 2.00. The molecule has 27 heavy (non-hydrogen) atoms. The van der Waals surface area contributed by atoms with Crippen LogP contribution >= 0.6 is 0 Å². The number of carbonyl (C=O) groups excluding carboxylic acids is 1. The normalized spacial score (nSPS) is 16.1. The van der Waals surface area contributed by atoms with Crippen LogP contribution in [0.1, 0.15) is 13.8 Å². The Morgan fingerprint density at radius 1 is 1.44 bits per heavy atom. The van der Waals surface area contributed by atoms with Crippen LogP contribution < -0.4 is 25.6 Å². The van der Waals surface area contributed by atoms with Crippen LogP contribution in [0.15, 0.2) is 36.5 Å². The van der Waals surface area contributed by atoms with E-state index < -0.39 is 0 Å². The molecule has 142 valence electrons. The summed E-state index contributed by atoms with van der Waals surface area (Å²) in [5.41, 5.74) is 8.71. The number of nitrogen functional groups attached to an aromatic ring is 1. The van der Waals surface area contributed by atoms with E-state index in [2.05, 4.69) is 21.9 Å². The quantitative estimate of drug-likeness (QED) is 0.618. The fourth-order valence-electron chi connectivity index (χ4n) is 3.02. The van der Waals surface area contributed by atoms with Crippen LogP contribution in [0.5, 0.6) is 5.75 Å². The van der Waals surface area contributed by atoms with Crippen molar-refractivity contribution in [1.29, 1.82) is 0 Å². The number of rotatable bonds is 5. The topological polar surface area (TPSA) is 96.6 Å². The first kappa shape index (κ1) is 18.5. The molecule has 1 atom stereocenters. The van der Waals surface area contributed by atoms with Gasteiger partial charge < -0.3 is 25.6 Å². The number of fused-ring (bicyclic) bond motifs is 1. The molecule has 0 spiro atoms. The second-order valence-electron chi connectivity index (χ2n) is 6.65. The molecule has 8 heteroatoms. The number of likely N-dealkylation sites (N-methyl/N-ethyl adjacent to an activating group) is 1. The number of hydrogen-bond acceptors (Lipinski definition) is 7. The van der Waals surface area contributed by atoms with Crippen molar-refractivity contribution in [2.75, 3.05) is 41.6 Å². The molecule has 1 aromatic carbocycles. The summed E-state index contributed by atoms with van der Waals surface area (Å²) < 4.78 is 5.36. The van der Waals surface area contributed by atoms with Crippen molar-refractivity contribution in [1.82, 2.24) is 9.97 Å². The van der Waals surface area contributed by atoms with E-state index in [1.54, 1.807) is 43.5 Å². The van der Waals surface area contributed by atoms with Gasteiger partial charge in [-0.25, -0.2) is 4.98 Å². The molecule has 0 saturated carbocycles. The zero-order chi connectivity index (χ0) is 19.7. The molecule has 1 aliphatic heterocycles. The monoisotopic (exact) mass is 368 g/mol. The summed E-state index contributed by atoms with van der Waals surface area (Å²) in [5, 5.41) is 3.16. The van der Waals surface area contributed by atoms with E-state index in [0.717, 1.165) is 5.57 Å². The van der Waals surface area contributed by atoms with E-state index in [0.29, 0.717) is 41.1 Å². The molecule has 1 amide bonds. The second kappa shape index (κ2) is 7.14. The molecule has 3 rings (SSSR count). The smallest absolute Gasteiger partial charge is 0.249 e. The van der Waals surface area contributed by atoms with Crippen molar-refractivity contribution in [3.63, 3.8) is 0 Å². The molecule has 0 fully saturated rings. The highest BCUT2D eigenvalue weighted by atomic mass is 16.5. The van der Waals surface area contributed by atoms with Gasteiger partial charge in [0, 0.05) is 25.3 Å². The predicted molar refractivity (Wildman–Crippen MR) is 108 cm³/mol. The maximum atomic E-state index is 12.5. The third kappa shape index (κ3) is 3.51. The van der Waals surface area contributed by atoms with Gasteiger partial charge in [0.2, 0.25) is 11.9 Å². The number of nitrogens with one attached hydrogen (secondary N) is 1. The first-order valence-corrected chi connectivity index (χ1v) is 8.58. The van der Waals surface area contributed by atoms with E-state index in [1.807, 2.05) is 18.7 Å². The lowest BCUT2D eigenvalue weighted by molar-refractivity contribution is -0.119. The molecule has 1 aliphatic rings. The van der Waals surface area contributed by atoms with Gasteiger partial charge in [-0.3, -0.25) is 4.79 Å². The van der Waals surface area contributed by atoms with Crippen molar-refractivity contribution in [3.8, 4) is 5.75 Å². The molecule has 1 aromatic heterocycles. The van der Waals surface area contributed by atoms with Gasteiger partial charge in [0.25, 0.3) is 0 Å². The first-order chi connectivity index (χ1) is 12.8. The number of aromatic nitrogens is 2. The summed E-state index contributed by atoms with van der Waals surface area (Å²) >= 11 is 0. The number of carbonyl (C=O) groups is 1. The van der Waals surface area contributed by atoms with Crippen molar-refractivity contribution in [2.24, 2.45) is 0 Å². The highest BCUT2D eigenvalue weighted by Gasteiger charge is 2.35. The Morgan fingerprint density at radius 2 is 2.19 bits per heavy atom. The Hall–Kier alpha value is -3.29. The van der Waals surface area contributed by atoms with Crippen LogP contribution in [-0.4, -0.2) is 42.6 Å². The number of hydrogen-bond donors (Lipinski definition) is 2. The second-order valence-corrected chi connectivity index (χ2v) is 6.65. The minimum Gasteiger partial charge on any atom is -0.494 e. The Bertz CT molecular complexity index is 898. The Kier molecular flexibility index (Phi) is 4.89. The molecule has 3 N–H and O–H groups in total. The highest BCUT2D eigenvalue weighted by Crippen LogP contribution is 2.35. The standard InChI is InChI=1S/C19H24N6O2/c1-11(2)10-25-12(3)18(26)24(4)15-9-21-19(23-17(15)25)22-14-7-6-13(20)8-16(14)27-5/h6-9,12H,1,10,20H2,2-5H3,(H,21,22,23)/t12-/m1/s1. The molecule has 2 heterocycles. The molecule has 0 unspecified atom stereocenters. The number of nitrogens with two attached hydrogens (primary N) is 1. The summed E-state index contributed by atoms with van der Waals surface area (Å²) in [6.07, 6.45) is 1.64. The van der Waals surface area contributed by atoms with Crippen LogP contribution in [0.2, 0.25) is 0 Å². The van der Waals surface area contributed by atoms with Crippen LogP contribution in [0, 0.1) is 0 Å². The predicted octanol–water partition coefficient (Wildman–Crippen LogP) is 2.56. The van der Waals surface area contributed by atoms with Gasteiger partial charge in [0.05, 0.1) is 19.0 Å². The lowest BCUT2D eigenvalue weighted by atomic mass is 10.1. The average Bonchev–Trinajstić information content (AvgIpc) is 2.64. The number of ether oxygens (including phenoxy) is 1. The van der Waals surface area contributed by atoms with E-state index in [-0.39, 0.29) is 11.9 Å². The van der Waals surface area contributed by atoms with Crippen LogP contribution in [0.3, 0.4) is 0 Å². The number of amides is 1. The van der Waals surface area contributed by atoms with Crippen LogP contribution in [-0.2, 0) is 4.79 Å². The number of methoxy groups -OCH3 is 1. The molecule has 0 aliphatic carbocycles. The molecule has 2 aromatic rings. The third-order valence-electron chi connectivity index (χ3n) is 4.45. The molecular formula is C19H24N6O2. The fraction of sp³-hybridized carbons (Fsp3) is 0.316. The maximum absolute atomic E-state index is 12.5. The zero-order valence-electron chi connectivity index (χ0n) is 16.0. The summed E-state index contributed by atoms with van der Waals surface area (Å²) in [4.78, 5) is 25.1. The summed E-state index contributed by atoms with van der Waals surface area (Å²) in [7, 11) is 3.31. The lowest BCUT2D eigenvalue weighted by Gasteiger charge is -2.39. The maximum Gasteiger partial charge on any atom is 0.249 e. The van der Waals surface area contributed by atoms with E-state index >= 15 is 0 Å².